The number of ether oxygens (including phenoxy) is 2. The number of carbonyl (C=O) groups excluding carboxylic acids is 2. The van der Waals surface area contributed by atoms with E-state index in [4.69, 9.17) is 15.2 Å². The van der Waals surface area contributed by atoms with E-state index in [1.165, 1.54) is 7.11 Å². The monoisotopic (exact) mass is 557 g/mol. The van der Waals surface area contributed by atoms with E-state index in [9.17, 15) is 9.59 Å². The summed E-state index contributed by atoms with van der Waals surface area (Å²) in [6.45, 7) is 0.387. The second-order valence-electron chi connectivity index (χ2n) is 10.7. The number of hydrogen-bond donors (Lipinski definition) is 3. The van der Waals surface area contributed by atoms with Gasteiger partial charge in [-0.05, 0) is 64.6 Å². The van der Waals surface area contributed by atoms with E-state index in [-0.39, 0.29) is 42.4 Å². The summed E-state index contributed by atoms with van der Waals surface area (Å²) in [6, 6.07) is 19.8. The third-order valence-electron chi connectivity index (χ3n) is 7.90. The summed E-state index contributed by atoms with van der Waals surface area (Å²) in [5.41, 5.74) is 6.67. The van der Waals surface area contributed by atoms with Gasteiger partial charge < -0.3 is 25.8 Å². The first-order valence-electron chi connectivity index (χ1n) is 13.4. The molecular weight excluding hydrogens is 528 g/mol. The minimum Gasteiger partial charge on any atom is -0.496 e. The quantitative estimate of drug-likeness (QED) is 0.261. The number of carbonyl (C=O) groups is 2. The Hall–Kier alpha value is -4.66. The predicted octanol–water partition coefficient (Wildman–Crippen LogP) is 5.63. The van der Waals surface area contributed by atoms with Gasteiger partial charge in [-0.3, -0.25) is 4.79 Å². The first-order chi connectivity index (χ1) is 19.8. The summed E-state index contributed by atoms with van der Waals surface area (Å²) >= 11 is 0. The van der Waals surface area contributed by atoms with Crippen LogP contribution in [0.25, 0.3) is 21.9 Å². The summed E-state index contributed by atoms with van der Waals surface area (Å²) in [4.78, 5) is 23.7. The van der Waals surface area contributed by atoms with E-state index in [0.717, 1.165) is 22.4 Å². The van der Waals surface area contributed by atoms with Crippen molar-refractivity contribution in [2.75, 3.05) is 13.7 Å². The Bertz CT molecular complexity index is 1690. The fourth-order valence-corrected chi connectivity index (χ4v) is 5.67. The van der Waals surface area contributed by atoms with Crippen molar-refractivity contribution in [2.45, 2.75) is 37.3 Å². The average Bonchev–Trinajstić information content (AvgIpc) is 3.61. The Kier molecular flexibility index (Phi) is 6.73. The van der Waals surface area contributed by atoms with Gasteiger partial charge in [0.2, 0.25) is 5.91 Å². The van der Waals surface area contributed by atoms with Gasteiger partial charge in [-0.1, -0.05) is 36.4 Å². The fourth-order valence-electron chi connectivity index (χ4n) is 5.67. The van der Waals surface area contributed by atoms with Crippen molar-refractivity contribution in [3.63, 3.8) is 0 Å². The maximum Gasteiger partial charge on any atom is 0.312 e. The zero-order chi connectivity index (χ0) is 28.7. The predicted molar refractivity (Wildman–Crippen MR) is 151 cm³/mol. The van der Waals surface area contributed by atoms with Crippen LogP contribution in [0.2, 0.25) is 0 Å². The lowest BCUT2D eigenvalue weighted by Crippen LogP contribution is -2.38. The molecule has 4 aromatic rings. The summed E-state index contributed by atoms with van der Waals surface area (Å²) in [5.74, 6) is -2.04. The molecule has 41 heavy (non-hydrogen) atoms. The number of halogens is 2. The number of fused-ring (bicyclic) bond motifs is 1. The molecule has 2 fully saturated rings. The molecule has 0 unspecified atom stereocenters. The maximum absolute atomic E-state index is 16.2. The SMILES string of the molecule is COc1cc(F)c([C@@H]2CNC(=O)C2)c(F)c1-c1cc(OCc2ccc3ccccc3c2)cc(C2(NC(N)=O)CC2)c1. The summed E-state index contributed by atoms with van der Waals surface area (Å²) < 4.78 is 43.0. The molecule has 2 aliphatic rings. The molecule has 0 bridgehead atoms. The van der Waals surface area contributed by atoms with E-state index in [0.29, 0.717) is 29.7 Å². The van der Waals surface area contributed by atoms with Gasteiger partial charge in [-0.15, -0.1) is 0 Å². The van der Waals surface area contributed by atoms with Crippen LogP contribution in [0.3, 0.4) is 0 Å². The highest BCUT2D eigenvalue weighted by Crippen LogP contribution is 2.49. The maximum atomic E-state index is 16.2. The Morgan fingerprint density at radius 1 is 1.07 bits per heavy atom. The highest BCUT2D eigenvalue weighted by Gasteiger charge is 2.46. The molecule has 0 spiro atoms. The summed E-state index contributed by atoms with van der Waals surface area (Å²) in [6.07, 6.45) is 1.28. The largest absolute Gasteiger partial charge is 0.496 e. The summed E-state index contributed by atoms with van der Waals surface area (Å²) in [5, 5.41) is 7.65. The zero-order valence-corrected chi connectivity index (χ0v) is 22.4. The molecule has 4 N–H and O–H groups in total. The van der Waals surface area contributed by atoms with E-state index >= 15 is 8.78 Å². The van der Waals surface area contributed by atoms with Gasteiger partial charge in [0.1, 0.15) is 29.7 Å². The van der Waals surface area contributed by atoms with Crippen molar-refractivity contribution in [1.29, 1.82) is 0 Å². The van der Waals surface area contributed by atoms with Gasteiger partial charge in [-0.25, -0.2) is 13.6 Å². The van der Waals surface area contributed by atoms with Gasteiger partial charge in [0, 0.05) is 30.5 Å². The Balaban J connectivity index is 1.43. The second kappa shape index (κ2) is 10.4. The van der Waals surface area contributed by atoms with Crippen LogP contribution in [-0.4, -0.2) is 25.6 Å². The van der Waals surface area contributed by atoms with E-state index in [1.54, 1.807) is 12.1 Å². The van der Waals surface area contributed by atoms with Gasteiger partial charge in [-0.2, -0.15) is 0 Å². The van der Waals surface area contributed by atoms with Crippen molar-refractivity contribution in [2.24, 2.45) is 5.73 Å². The van der Waals surface area contributed by atoms with Gasteiger partial charge in [0.15, 0.2) is 0 Å². The first kappa shape index (κ1) is 26.6. The number of benzene rings is 4. The summed E-state index contributed by atoms with van der Waals surface area (Å²) in [7, 11) is 1.34. The molecular formula is C32H29F2N3O4. The highest BCUT2D eigenvalue weighted by molar-refractivity contribution is 5.83. The molecule has 6 rings (SSSR count). The van der Waals surface area contributed by atoms with Gasteiger partial charge in [0.25, 0.3) is 0 Å². The van der Waals surface area contributed by atoms with Crippen molar-refractivity contribution >= 4 is 22.7 Å². The van der Waals surface area contributed by atoms with Crippen molar-refractivity contribution in [3.8, 4) is 22.6 Å². The normalized spacial score (nSPS) is 17.2. The molecule has 210 valence electrons. The minimum absolute atomic E-state index is 0.00590. The standard InChI is InChI=1S/C32H29F2N3O4/c1-40-26-15-25(33)28(22-13-27(38)36-16-22)30(34)29(26)21-11-23(32(8-9-32)37-31(35)39)14-24(12-21)41-17-18-6-7-19-4-2-3-5-20(19)10-18/h2-7,10-12,14-15,22H,8-9,13,16-17H2,1H3,(H,36,38)(H3,35,37,39)/t22-/m0/s1. The Morgan fingerprint density at radius 2 is 1.85 bits per heavy atom. The van der Waals surface area contributed by atoms with Crippen molar-refractivity contribution in [3.05, 3.63) is 95.1 Å². The molecule has 1 aliphatic carbocycles. The van der Waals surface area contributed by atoms with Crippen LogP contribution >= 0.6 is 0 Å². The lowest BCUT2D eigenvalue weighted by Gasteiger charge is -2.21. The Labute approximate surface area is 235 Å². The third kappa shape index (κ3) is 5.15. The van der Waals surface area contributed by atoms with Crippen molar-refractivity contribution in [1.82, 2.24) is 10.6 Å². The molecule has 1 saturated heterocycles. The second-order valence-corrected chi connectivity index (χ2v) is 10.7. The molecule has 4 aromatic carbocycles. The highest BCUT2D eigenvalue weighted by atomic mass is 19.1. The molecule has 1 atom stereocenters. The minimum atomic E-state index is -0.798. The lowest BCUT2D eigenvalue weighted by molar-refractivity contribution is -0.119. The average molecular weight is 558 g/mol. The molecule has 0 radical (unpaired) electrons. The van der Waals surface area contributed by atoms with E-state index in [1.807, 2.05) is 48.5 Å². The molecule has 1 heterocycles. The van der Waals surface area contributed by atoms with Crippen LogP contribution in [0.5, 0.6) is 11.5 Å². The number of nitrogens with one attached hydrogen (secondary N) is 2. The molecule has 1 aliphatic heterocycles. The molecule has 3 amide bonds. The van der Waals surface area contributed by atoms with Crippen LogP contribution in [0, 0.1) is 11.6 Å². The van der Waals surface area contributed by atoms with Crippen LogP contribution in [0.15, 0.2) is 66.7 Å². The molecule has 9 heteroatoms. The number of urea groups is 1. The van der Waals surface area contributed by atoms with Crippen LogP contribution in [0.4, 0.5) is 13.6 Å². The number of methoxy groups -OCH3 is 1. The first-order valence-corrected chi connectivity index (χ1v) is 13.4. The lowest BCUT2D eigenvalue weighted by atomic mass is 9.90. The van der Waals surface area contributed by atoms with E-state index in [2.05, 4.69) is 10.6 Å². The molecule has 0 aromatic heterocycles. The van der Waals surface area contributed by atoms with Crippen molar-refractivity contribution < 1.29 is 27.8 Å². The van der Waals surface area contributed by atoms with E-state index < -0.39 is 29.1 Å². The van der Waals surface area contributed by atoms with Crippen LogP contribution < -0.4 is 25.8 Å². The molecule has 7 nitrogen and oxygen atoms in total. The van der Waals surface area contributed by atoms with Gasteiger partial charge in [0.05, 0.1) is 18.2 Å². The third-order valence-corrected chi connectivity index (χ3v) is 7.90. The number of nitrogens with two attached hydrogens (primary N) is 1. The number of rotatable bonds is 8. The smallest absolute Gasteiger partial charge is 0.312 e. The fraction of sp³-hybridized carbons (Fsp3) is 0.250. The number of primary amides is 1. The number of amides is 3. The number of hydrogen-bond acceptors (Lipinski definition) is 4. The zero-order valence-electron chi connectivity index (χ0n) is 22.4. The Morgan fingerprint density at radius 3 is 2.54 bits per heavy atom. The van der Waals surface area contributed by atoms with Gasteiger partial charge >= 0.3 is 6.03 Å². The topological polar surface area (TPSA) is 103 Å². The van der Waals surface area contributed by atoms with Crippen LogP contribution in [0.1, 0.15) is 41.9 Å². The van der Waals surface area contributed by atoms with Crippen LogP contribution in [-0.2, 0) is 16.9 Å². The molecule has 1 saturated carbocycles.